The molecule has 0 N–H and O–H groups in total. The number of nitrogens with zero attached hydrogens (tertiary/aromatic N) is 2. The third-order valence-corrected chi connectivity index (χ3v) is 5.68. The highest BCUT2D eigenvalue weighted by Crippen LogP contribution is 2.23. The number of aryl methyl sites for hydroxylation is 1. The Hall–Kier alpha value is -0.870. The van der Waals surface area contributed by atoms with E-state index in [2.05, 4.69) is 20.8 Å². The van der Waals surface area contributed by atoms with Crippen LogP contribution in [-0.2, 0) is 0 Å². The quantitative estimate of drug-likeness (QED) is 0.815. The number of hydrogen-bond acceptors (Lipinski definition) is 2. The molecule has 0 spiro atoms. The van der Waals surface area contributed by atoms with E-state index in [0.717, 1.165) is 36.0 Å². The van der Waals surface area contributed by atoms with Gasteiger partial charge in [0.05, 0.1) is 0 Å². The van der Waals surface area contributed by atoms with E-state index in [1.807, 2.05) is 30.0 Å². The molecule has 0 aliphatic carbocycles. The fraction of sp³-hybridized carbons (Fsp3) is 0.588. The first-order valence-corrected chi connectivity index (χ1v) is 8.74. The SMILES string of the molecule is Cc1ccc(C(=O)N2CCC(N3CCCC3)CC2)cc1Br. The minimum Gasteiger partial charge on any atom is -0.339 e. The Labute approximate surface area is 135 Å². The fourth-order valence-electron chi connectivity index (χ4n) is 3.45. The van der Waals surface area contributed by atoms with Gasteiger partial charge in [0.25, 0.3) is 5.91 Å². The summed E-state index contributed by atoms with van der Waals surface area (Å²) in [7, 11) is 0. The molecule has 2 saturated heterocycles. The van der Waals surface area contributed by atoms with Crippen LogP contribution in [0.1, 0.15) is 41.6 Å². The van der Waals surface area contributed by atoms with Gasteiger partial charge in [-0.05, 0) is 63.4 Å². The molecule has 21 heavy (non-hydrogen) atoms. The number of hydrogen-bond donors (Lipinski definition) is 0. The van der Waals surface area contributed by atoms with Gasteiger partial charge in [0.15, 0.2) is 0 Å². The van der Waals surface area contributed by atoms with Crippen molar-refractivity contribution in [2.75, 3.05) is 26.2 Å². The first-order chi connectivity index (χ1) is 10.1. The number of likely N-dealkylation sites (tertiary alicyclic amines) is 2. The van der Waals surface area contributed by atoms with Crippen LogP contribution in [0.5, 0.6) is 0 Å². The number of rotatable bonds is 2. The third-order valence-electron chi connectivity index (χ3n) is 4.83. The molecule has 0 bridgehead atoms. The Morgan fingerprint density at radius 3 is 2.43 bits per heavy atom. The Bertz CT molecular complexity index is 518. The monoisotopic (exact) mass is 350 g/mol. The summed E-state index contributed by atoms with van der Waals surface area (Å²) in [5.74, 6) is 0.176. The second-order valence-corrected chi connectivity index (χ2v) is 7.08. The van der Waals surface area contributed by atoms with Crippen LogP contribution in [0.15, 0.2) is 22.7 Å². The Balaban J connectivity index is 1.60. The van der Waals surface area contributed by atoms with Crippen LogP contribution in [0.25, 0.3) is 0 Å². The largest absolute Gasteiger partial charge is 0.339 e. The molecule has 1 amide bonds. The minimum absolute atomic E-state index is 0.176. The zero-order valence-electron chi connectivity index (χ0n) is 12.6. The summed E-state index contributed by atoms with van der Waals surface area (Å²) in [4.78, 5) is 17.2. The van der Waals surface area contributed by atoms with E-state index < -0.39 is 0 Å². The van der Waals surface area contributed by atoms with E-state index >= 15 is 0 Å². The zero-order valence-corrected chi connectivity index (χ0v) is 14.2. The topological polar surface area (TPSA) is 23.6 Å². The van der Waals surface area contributed by atoms with Gasteiger partial charge in [-0.1, -0.05) is 22.0 Å². The van der Waals surface area contributed by atoms with Crippen molar-refractivity contribution in [3.05, 3.63) is 33.8 Å². The van der Waals surface area contributed by atoms with E-state index in [4.69, 9.17) is 0 Å². The lowest BCUT2D eigenvalue weighted by atomic mass is 10.0. The smallest absolute Gasteiger partial charge is 0.253 e. The summed E-state index contributed by atoms with van der Waals surface area (Å²) in [6.07, 6.45) is 4.94. The Morgan fingerprint density at radius 2 is 1.81 bits per heavy atom. The van der Waals surface area contributed by atoms with Crippen LogP contribution >= 0.6 is 15.9 Å². The van der Waals surface area contributed by atoms with Crippen molar-refractivity contribution in [2.45, 2.75) is 38.6 Å². The lowest BCUT2D eigenvalue weighted by Gasteiger charge is -2.36. The summed E-state index contributed by atoms with van der Waals surface area (Å²) in [6, 6.07) is 6.59. The van der Waals surface area contributed by atoms with Crippen LogP contribution in [0.3, 0.4) is 0 Å². The van der Waals surface area contributed by atoms with Gasteiger partial charge in [-0.2, -0.15) is 0 Å². The standard InChI is InChI=1S/C17H23BrN2O/c1-13-4-5-14(12-16(13)18)17(21)20-10-6-15(7-11-20)19-8-2-3-9-19/h4-5,12,15H,2-3,6-11H2,1H3. The molecule has 1 aromatic rings. The predicted octanol–water partition coefficient (Wildman–Crippen LogP) is 3.46. The number of benzene rings is 1. The van der Waals surface area contributed by atoms with E-state index in [-0.39, 0.29) is 5.91 Å². The summed E-state index contributed by atoms with van der Waals surface area (Å²) >= 11 is 3.52. The molecule has 3 rings (SSSR count). The van der Waals surface area contributed by atoms with Gasteiger partial charge in [0, 0.05) is 29.2 Å². The van der Waals surface area contributed by atoms with Gasteiger partial charge < -0.3 is 9.80 Å². The molecule has 2 heterocycles. The van der Waals surface area contributed by atoms with Crippen LogP contribution in [0.4, 0.5) is 0 Å². The molecule has 0 aromatic heterocycles. The van der Waals surface area contributed by atoms with Gasteiger partial charge in [0.2, 0.25) is 0 Å². The average Bonchev–Trinajstić information content (AvgIpc) is 3.04. The number of piperidine rings is 1. The Morgan fingerprint density at radius 1 is 1.14 bits per heavy atom. The predicted molar refractivity (Wildman–Crippen MR) is 88.6 cm³/mol. The number of amides is 1. The molecule has 2 aliphatic heterocycles. The lowest BCUT2D eigenvalue weighted by molar-refractivity contribution is 0.0644. The summed E-state index contributed by atoms with van der Waals surface area (Å²) in [6.45, 7) is 6.34. The number of carbonyl (C=O) groups excluding carboxylic acids is 1. The second-order valence-electron chi connectivity index (χ2n) is 6.23. The van der Waals surface area contributed by atoms with Crippen molar-refractivity contribution in [1.29, 1.82) is 0 Å². The van der Waals surface area contributed by atoms with Gasteiger partial charge in [-0.25, -0.2) is 0 Å². The van der Waals surface area contributed by atoms with Gasteiger partial charge in [-0.15, -0.1) is 0 Å². The van der Waals surface area contributed by atoms with Gasteiger partial charge >= 0.3 is 0 Å². The maximum Gasteiger partial charge on any atom is 0.253 e. The molecule has 2 fully saturated rings. The van der Waals surface area contributed by atoms with Crippen molar-refractivity contribution in [1.82, 2.24) is 9.80 Å². The van der Waals surface area contributed by atoms with Crippen molar-refractivity contribution in [2.24, 2.45) is 0 Å². The van der Waals surface area contributed by atoms with Crippen LogP contribution in [0, 0.1) is 6.92 Å². The zero-order chi connectivity index (χ0) is 14.8. The van der Waals surface area contributed by atoms with E-state index in [1.54, 1.807) is 0 Å². The van der Waals surface area contributed by atoms with Crippen molar-refractivity contribution in [3.8, 4) is 0 Å². The molecule has 3 nitrogen and oxygen atoms in total. The highest BCUT2D eigenvalue weighted by Gasteiger charge is 2.28. The molecule has 0 saturated carbocycles. The molecule has 0 unspecified atom stereocenters. The molecule has 0 atom stereocenters. The minimum atomic E-state index is 0.176. The van der Waals surface area contributed by atoms with Gasteiger partial charge in [0.1, 0.15) is 0 Å². The van der Waals surface area contributed by atoms with Crippen LogP contribution < -0.4 is 0 Å². The van der Waals surface area contributed by atoms with E-state index in [1.165, 1.54) is 31.5 Å². The fourth-order valence-corrected chi connectivity index (χ4v) is 3.83. The molecular formula is C17H23BrN2O. The van der Waals surface area contributed by atoms with Crippen LogP contribution in [0.2, 0.25) is 0 Å². The highest BCUT2D eigenvalue weighted by atomic mass is 79.9. The summed E-state index contributed by atoms with van der Waals surface area (Å²) in [5, 5.41) is 0. The maximum absolute atomic E-state index is 12.6. The maximum atomic E-state index is 12.6. The first kappa shape index (κ1) is 15.0. The summed E-state index contributed by atoms with van der Waals surface area (Å²) in [5.41, 5.74) is 1.96. The number of carbonyl (C=O) groups is 1. The lowest BCUT2D eigenvalue weighted by Crippen LogP contribution is -2.45. The first-order valence-electron chi connectivity index (χ1n) is 7.94. The molecule has 114 valence electrons. The molecular weight excluding hydrogens is 328 g/mol. The Kier molecular flexibility index (Phi) is 4.65. The third kappa shape index (κ3) is 3.32. The number of halogens is 1. The molecule has 1 aromatic carbocycles. The van der Waals surface area contributed by atoms with Crippen LogP contribution in [-0.4, -0.2) is 47.9 Å². The summed E-state index contributed by atoms with van der Waals surface area (Å²) < 4.78 is 1.01. The normalized spacial score (nSPS) is 21.0. The van der Waals surface area contributed by atoms with E-state index in [0.29, 0.717) is 6.04 Å². The average molecular weight is 351 g/mol. The van der Waals surface area contributed by atoms with Crippen molar-refractivity contribution in [3.63, 3.8) is 0 Å². The van der Waals surface area contributed by atoms with Crippen molar-refractivity contribution < 1.29 is 4.79 Å². The highest BCUT2D eigenvalue weighted by molar-refractivity contribution is 9.10. The van der Waals surface area contributed by atoms with Crippen molar-refractivity contribution >= 4 is 21.8 Å². The van der Waals surface area contributed by atoms with E-state index in [9.17, 15) is 4.79 Å². The van der Waals surface area contributed by atoms with Gasteiger partial charge in [-0.3, -0.25) is 4.79 Å². The molecule has 0 radical (unpaired) electrons. The molecule has 2 aliphatic rings. The second kappa shape index (κ2) is 6.49. The molecule has 4 heteroatoms.